The molecule has 20 heavy (non-hydrogen) atoms. The Kier molecular flexibility index (Phi) is 5.01. The van der Waals surface area contributed by atoms with E-state index in [1.54, 1.807) is 7.11 Å². The van der Waals surface area contributed by atoms with Crippen LogP contribution in [0.15, 0.2) is 18.2 Å². The average molecular weight is 276 g/mol. The molecule has 0 aliphatic carbocycles. The van der Waals surface area contributed by atoms with Crippen LogP contribution in [0.3, 0.4) is 0 Å². The number of likely N-dealkylation sites (tertiary alicyclic amines) is 1. The lowest BCUT2D eigenvalue weighted by atomic mass is 10.0. The zero-order valence-electron chi connectivity index (χ0n) is 12.6. The van der Waals surface area contributed by atoms with E-state index in [0.29, 0.717) is 18.3 Å². The van der Waals surface area contributed by atoms with Gasteiger partial charge in [-0.2, -0.15) is 0 Å². The fraction of sp³-hybridized carbons (Fsp3) is 0.562. The van der Waals surface area contributed by atoms with E-state index in [1.165, 1.54) is 19.3 Å². The van der Waals surface area contributed by atoms with Crippen LogP contribution in [0, 0.1) is 6.92 Å². The number of aryl methyl sites for hydroxylation is 1. The topological polar surface area (TPSA) is 41.6 Å². The third-order valence-corrected chi connectivity index (χ3v) is 3.92. The SMILES string of the molecule is COc1ccc(C)cc1NC(=O)CN1CCCCC1C. The van der Waals surface area contributed by atoms with E-state index in [9.17, 15) is 4.79 Å². The number of nitrogens with one attached hydrogen (secondary N) is 1. The van der Waals surface area contributed by atoms with Gasteiger partial charge in [-0.3, -0.25) is 9.69 Å². The second-order valence-corrected chi connectivity index (χ2v) is 5.57. The molecular formula is C16H24N2O2. The number of anilines is 1. The number of carbonyl (C=O) groups is 1. The molecule has 0 bridgehead atoms. The Labute approximate surface area is 121 Å². The molecule has 4 heteroatoms. The zero-order valence-corrected chi connectivity index (χ0v) is 12.6. The van der Waals surface area contributed by atoms with Gasteiger partial charge in [0.25, 0.3) is 0 Å². The fourth-order valence-electron chi connectivity index (χ4n) is 2.69. The summed E-state index contributed by atoms with van der Waals surface area (Å²) in [6.45, 7) is 5.67. The van der Waals surface area contributed by atoms with Crippen LogP contribution in [0.4, 0.5) is 5.69 Å². The van der Waals surface area contributed by atoms with Crippen LogP contribution < -0.4 is 10.1 Å². The molecule has 0 spiro atoms. The lowest BCUT2D eigenvalue weighted by molar-refractivity contribution is -0.118. The van der Waals surface area contributed by atoms with Crippen molar-refractivity contribution in [3.8, 4) is 5.75 Å². The van der Waals surface area contributed by atoms with Gasteiger partial charge in [0.1, 0.15) is 5.75 Å². The van der Waals surface area contributed by atoms with Gasteiger partial charge in [0.2, 0.25) is 5.91 Å². The molecule has 1 saturated heterocycles. The molecule has 4 nitrogen and oxygen atoms in total. The van der Waals surface area contributed by atoms with Gasteiger partial charge in [-0.15, -0.1) is 0 Å². The molecule has 1 atom stereocenters. The maximum atomic E-state index is 12.2. The van der Waals surface area contributed by atoms with Crippen molar-refractivity contribution in [2.45, 2.75) is 39.2 Å². The van der Waals surface area contributed by atoms with Crippen molar-refractivity contribution in [1.29, 1.82) is 0 Å². The van der Waals surface area contributed by atoms with Crippen molar-refractivity contribution < 1.29 is 9.53 Å². The molecule has 0 saturated carbocycles. The minimum atomic E-state index is 0.0302. The minimum absolute atomic E-state index is 0.0302. The molecule has 1 fully saturated rings. The van der Waals surface area contributed by atoms with Crippen molar-refractivity contribution in [3.63, 3.8) is 0 Å². The number of hydrogen-bond acceptors (Lipinski definition) is 3. The van der Waals surface area contributed by atoms with Crippen LogP contribution in [0.2, 0.25) is 0 Å². The Morgan fingerprint density at radius 1 is 1.45 bits per heavy atom. The van der Waals surface area contributed by atoms with Crippen LogP contribution >= 0.6 is 0 Å². The highest BCUT2D eigenvalue weighted by molar-refractivity contribution is 5.93. The van der Waals surface area contributed by atoms with E-state index in [0.717, 1.165) is 17.8 Å². The molecule has 1 heterocycles. The lowest BCUT2D eigenvalue weighted by Crippen LogP contribution is -2.42. The quantitative estimate of drug-likeness (QED) is 0.919. The van der Waals surface area contributed by atoms with E-state index >= 15 is 0 Å². The standard InChI is InChI=1S/C16H24N2O2/c1-12-7-8-15(20-3)14(10-12)17-16(19)11-18-9-5-4-6-13(18)2/h7-8,10,13H,4-6,9,11H2,1-3H3,(H,17,19). The van der Waals surface area contributed by atoms with Gasteiger partial charge in [-0.05, 0) is 50.9 Å². The number of benzene rings is 1. The van der Waals surface area contributed by atoms with Crippen molar-refractivity contribution >= 4 is 11.6 Å². The summed E-state index contributed by atoms with van der Waals surface area (Å²) < 4.78 is 5.28. The van der Waals surface area contributed by atoms with Crippen LogP contribution in [-0.4, -0.2) is 37.0 Å². The van der Waals surface area contributed by atoms with Crippen LogP contribution in [0.5, 0.6) is 5.75 Å². The second-order valence-electron chi connectivity index (χ2n) is 5.57. The smallest absolute Gasteiger partial charge is 0.238 e. The highest BCUT2D eigenvalue weighted by Crippen LogP contribution is 2.25. The predicted octanol–water partition coefficient (Wildman–Crippen LogP) is 2.82. The number of nitrogens with zero attached hydrogens (tertiary/aromatic N) is 1. The third kappa shape index (κ3) is 3.73. The first-order valence-corrected chi connectivity index (χ1v) is 7.28. The van der Waals surface area contributed by atoms with E-state index < -0.39 is 0 Å². The molecule has 1 amide bonds. The summed E-state index contributed by atoms with van der Waals surface area (Å²) in [6.07, 6.45) is 3.64. The predicted molar refractivity (Wildman–Crippen MR) is 81.2 cm³/mol. The van der Waals surface area contributed by atoms with Gasteiger partial charge in [-0.25, -0.2) is 0 Å². The highest BCUT2D eigenvalue weighted by Gasteiger charge is 2.20. The number of hydrogen-bond donors (Lipinski definition) is 1. The molecule has 0 radical (unpaired) electrons. The van der Waals surface area contributed by atoms with Crippen molar-refractivity contribution in [3.05, 3.63) is 23.8 Å². The second kappa shape index (κ2) is 6.75. The summed E-state index contributed by atoms with van der Waals surface area (Å²) in [5, 5.41) is 2.96. The van der Waals surface area contributed by atoms with Gasteiger partial charge in [0.15, 0.2) is 0 Å². The summed E-state index contributed by atoms with van der Waals surface area (Å²) in [6, 6.07) is 6.29. The summed E-state index contributed by atoms with van der Waals surface area (Å²) in [5.74, 6) is 0.735. The van der Waals surface area contributed by atoms with E-state index in [2.05, 4.69) is 17.1 Å². The Morgan fingerprint density at radius 3 is 2.95 bits per heavy atom. The monoisotopic (exact) mass is 276 g/mol. The molecule has 2 rings (SSSR count). The molecule has 110 valence electrons. The number of amides is 1. The van der Waals surface area contributed by atoms with E-state index in [-0.39, 0.29) is 5.91 Å². The molecule has 1 aromatic rings. The lowest BCUT2D eigenvalue weighted by Gasteiger charge is -2.32. The fourth-order valence-corrected chi connectivity index (χ4v) is 2.69. The van der Waals surface area contributed by atoms with Gasteiger partial charge in [0.05, 0.1) is 19.3 Å². The maximum Gasteiger partial charge on any atom is 0.238 e. The van der Waals surface area contributed by atoms with Crippen molar-refractivity contribution in [2.24, 2.45) is 0 Å². The first-order chi connectivity index (χ1) is 9.60. The summed E-state index contributed by atoms with van der Waals surface area (Å²) >= 11 is 0. The minimum Gasteiger partial charge on any atom is -0.495 e. The van der Waals surface area contributed by atoms with Crippen molar-refractivity contribution in [1.82, 2.24) is 4.90 Å². The van der Waals surface area contributed by atoms with E-state index in [1.807, 2.05) is 25.1 Å². The summed E-state index contributed by atoms with van der Waals surface area (Å²) in [5.41, 5.74) is 1.86. The first kappa shape index (κ1) is 14.9. The molecule has 1 aliphatic rings. The first-order valence-electron chi connectivity index (χ1n) is 7.28. The molecule has 0 aromatic heterocycles. The number of piperidine rings is 1. The van der Waals surface area contributed by atoms with Gasteiger partial charge < -0.3 is 10.1 Å². The number of methoxy groups -OCH3 is 1. The Bertz CT molecular complexity index is 474. The Hall–Kier alpha value is -1.55. The van der Waals surface area contributed by atoms with Crippen LogP contribution in [-0.2, 0) is 4.79 Å². The Balaban J connectivity index is 1.99. The largest absolute Gasteiger partial charge is 0.495 e. The summed E-state index contributed by atoms with van der Waals surface area (Å²) in [7, 11) is 1.62. The molecule has 1 N–H and O–H groups in total. The van der Waals surface area contributed by atoms with Crippen LogP contribution in [0.1, 0.15) is 31.7 Å². The third-order valence-electron chi connectivity index (χ3n) is 3.92. The zero-order chi connectivity index (χ0) is 14.5. The molecule has 1 aromatic carbocycles. The highest BCUT2D eigenvalue weighted by atomic mass is 16.5. The average Bonchev–Trinajstić information content (AvgIpc) is 2.41. The van der Waals surface area contributed by atoms with Gasteiger partial charge >= 0.3 is 0 Å². The molecule has 1 unspecified atom stereocenters. The van der Waals surface area contributed by atoms with Crippen LogP contribution in [0.25, 0.3) is 0 Å². The number of ether oxygens (including phenoxy) is 1. The maximum absolute atomic E-state index is 12.2. The van der Waals surface area contributed by atoms with Gasteiger partial charge in [0, 0.05) is 6.04 Å². The summed E-state index contributed by atoms with van der Waals surface area (Å²) in [4.78, 5) is 14.4. The molecular weight excluding hydrogens is 252 g/mol. The normalized spacial score (nSPS) is 19.6. The number of carbonyl (C=O) groups excluding carboxylic acids is 1. The van der Waals surface area contributed by atoms with Crippen molar-refractivity contribution in [2.75, 3.05) is 25.5 Å². The number of rotatable bonds is 4. The van der Waals surface area contributed by atoms with Gasteiger partial charge in [-0.1, -0.05) is 12.5 Å². The molecule has 1 aliphatic heterocycles. The van der Waals surface area contributed by atoms with E-state index in [4.69, 9.17) is 4.74 Å². The Morgan fingerprint density at radius 2 is 2.25 bits per heavy atom.